The zero-order valence-corrected chi connectivity index (χ0v) is 12.4. The second-order valence-corrected chi connectivity index (χ2v) is 5.72. The minimum absolute atomic E-state index is 0.00852. The summed E-state index contributed by atoms with van der Waals surface area (Å²) in [7, 11) is 0. The molecule has 4 heteroatoms. The Morgan fingerprint density at radius 3 is 3.19 bits per heavy atom. The van der Waals surface area contributed by atoms with Crippen LogP contribution in [0.25, 0.3) is 6.08 Å². The van der Waals surface area contributed by atoms with E-state index < -0.39 is 0 Å². The number of carbonyl (C=O) groups is 1. The van der Waals surface area contributed by atoms with Gasteiger partial charge in [-0.25, -0.2) is 0 Å². The van der Waals surface area contributed by atoms with Gasteiger partial charge in [0, 0.05) is 36.2 Å². The molecular formula is C17H23NO3. The maximum atomic E-state index is 11.1. The number of fused-ring (bicyclic) bond motifs is 1. The van der Waals surface area contributed by atoms with Crippen molar-refractivity contribution in [3.05, 3.63) is 29.1 Å². The Morgan fingerprint density at radius 1 is 1.43 bits per heavy atom. The topological polar surface area (TPSA) is 40.5 Å². The highest BCUT2D eigenvalue weighted by Crippen LogP contribution is 2.24. The van der Waals surface area contributed by atoms with E-state index in [1.807, 2.05) is 6.20 Å². The molecule has 1 fully saturated rings. The highest BCUT2D eigenvalue weighted by atomic mass is 16.7. The van der Waals surface area contributed by atoms with Crippen LogP contribution in [0.15, 0.2) is 12.3 Å². The average molecular weight is 289 g/mol. The monoisotopic (exact) mass is 289 g/mol. The van der Waals surface area contributed by atoms with Crippen LogP contribution in [0.2, 0.25) is 0 Å². The van der Waals surface area contributed by atoms with Gasteiger partial charge in [0.05, 0.1) is 6.61 Å². The van der Waals surface area contributed by atoms with Crippen molar-refractivity contribution >= 4 is 12.4 Å². The number of carbonyl (C=O) groups excluding carboxylic acids is 1. The predicted octanol–water partition coefficient (Wildman–Crippen LogP) is 3.19. The number of rotatable bonds is 6. The van der Waals surface area contributed by atoms with E-state index in [-0.39, 0.29) is 6.29 Å². The first-order valence-electron chi connectivity index (χ1n) is 7.95. The molecule has 1 saturated heterocycles. The molecule has 1 aliphatic heterocycles. The lowest BCUT2D eigenvalue weighted by Gasteiger charge is -2.22. The Labute approximate surface area is 125 Å². The fraction of sp³-hybridized carbons (Fsp3) is 0.588. The van der Waals surface area contributed by atoms with E-state index >= 15 is 0 Å². The van der Waals surface area contributed by atoms with Gasteiger partial charge in [-0.2, -0.15) is 0 Å². The van der Waals surface area contributed by atoms with Crippen LogP contribution in [0.5, 0.6) is 0 Å². The molecule has 0 aromatic carbocycles. The van der Waals surface area contributed by atoms with E-state index in [1.54, 1.807) is 0 Å². The number of allylic oxidation sites excluding steroid dienone is 1. The van der Waals surface area contributed by atoms with Crippen molar-refractivity contribution in [3.8, 4) is 0 Å². The van der Waals surface area contributed by atoms with Crippen LogP contribution in [0.1, 0.15) is 53.7 Å². The number of hydrogen-bond acceptors (Lipinski definition) is 3. The van der Waals surface area contributed by atoms with E-state index in [0.29, 0.717) is 6.61 Å². The van der Waals surface area contributed by atoms with Gasteiger partial charge in [-0.15, -0.1) is 0 Å². The zero-order valence-electron chi connectivity index (χ0n) is 12.4. The molecule has 1 aliphatic carbocycles. The van der Waals surface area contributed by atoms with Crippen LogP contribution < -0.4 is 0 Å². The standard InChI is InChI=1S/C17H23NO3/c19-13-14-12-18(16-7-2-1-6-15(14)16)9-5-11-21-17-8-3-4-10-20-17/h1,6,12-13,17H,2-5,7-11H2. The van der Waals surface area contributed by atoms with Crippen LogP contribution in [-0.4, -0.2) is 30.4 Å². The smallest absolute Gasteiger partial charge is 0.157 e. The van der Waals surface area contributed by atoms with E-state index in [1.165, 1.54) is 12.1 Å². The van der Waals surface area contributed by atoms with Crippen LogP contribution >= 0.6 is 0 Å². The number of hydrogen-bond donors (Lipinski definition) is 0. The van der Waals surface area contributed by atoms with Crippen LogP contribution in [0.4, 0.5) is 0 Å². The van der Waals surface area contributed by atoms with Crippen molar-refractivity contribution in [2.45, 2.75) is 51.4 Å². The minimum atomic E-state index is -0.00852. The third-order valence-corrected chi connectivity index (χ3v) is 4.21. The van der Waals surface area contributed by atoms with Crippen molar-refractivity contribution < 1.29 is 14.3 Å². The van der Waals surface area contributed by atoms with Crippen LogP contribution in [0, 0.1) is 0 Å². The summed E-state index contributed by atoms with van der Waals surface area (Å²) in [5.74, 6) is 0. The normalized spacial score (nSPS) is 21.2. The fourth-order valence-electron chi connectivity index (χ4n) is 3.11. The molecule has 1 unspecified atom stereocenters. The maximum absolute atomic E-state index is 11.1. The first-order valence-corrected chi connectivity index (χ1v) is 7.95. The van der Waals surface area contributed by atoms with Crippen molar-refractivity contribution in [3.63, 3.8) is 0 Å². The largest absolute Gasteiger partial charge is 0.353 e. The third-order valence-electron chi connectivity index (χ3n) is 4.21. The Kier molecular flexibility index (Phi) is 4.88. The molecule has 21 heavy (non-hydrogen) atoms. The molecule has 0 saturated carbocycles. The summed E-state index contributed by atoms with van der Waals surface area (Å²) in [6.07, 6.45) is 13.5. The maximum Gasteiger partial charge on any atom is 0.157 e. The van der Waals surface area contributed by atoms with Crippen LogP contribution in [0.3, 0.4) is 0 Å². The quantitative estimate of drug-likeness (QED) is 0.596. The number of ether oxygens (including phenoxy) is 2. The summed E-state index contributed by atoms with van der Waals surface area (Å²) in [4.78, 5) is 11.1. The molecule has 1 aromatic heterocycles. The summed E-state index contributed by atoms with van der Waals surface area (Å²) in [5.41, 5.74) is 3.19. The first kappa shape index (κ1) is 14.5. The van der Waals surface area contributed by atoms with Gasteiger partial charge >= 0.3 is 0 Å². The number of nitrogens with zero attached hydrogens (tertiary/aromatic N) is 1. The Morgan fingerprint density at radius 2 is 2.38 bits per heavy atom. The van der Waals surface area contributed by atoms with Crippen molar-refractivity contribution in [1.29, 1.82) is 0 Å². The van der Waals surface area contributed by atoms with Gasteiger partial charge in [0.15, 0.2) is 12.6 Å². The second kappa shape index (κ2) is 7.05. The molecule has 0 spiro atoms. The van der Waals surface area contributed by atoms with E-state index in [4.69, 9.17) is 9.47 Å². The molecule has 0 bridgehead atoms. The van der Waals surface area contributed by atoms with Gasteiger partial charge in [0.2, 0.25) is 0 Å². The van der Waals surface area contributed by atoms with Gasteiger partial charge in [0.25, 0.3) is 0 Å². The minimum Gasteiger partial charge on any atom is -0.353 e. The zero-order chi connectivity index (χ0) is 14.5. The predicted molar refractivity (Wildman–Crippen MR) is 81.3 cm³/mol. The van der Waals surface area contributed by atoms with E-state index in [2.05, 4.69) is 16.7 Å². The average Bonchev–Trinajstić information content (AvgIpc) is 2.91. The number of aromatic nitrogens is 1. The van der Waals surface area contributed by atoms with Gasteiger partial charge < -0.3 is 14.0 Å². The summed E-state index contributed by atoms with van der Waals surface area (Å²) in [6.45, 7) is 2.44. The summed E-state index contributed by atoms with van der Waals surface area (Å²) >= 11 is 0. The molecule has 0 N–H and O–H groups in total. The lowest BCUT2D eigenvalue weighted by Crippen LogP contribution is -2.23. The molecule has 2 heterocycles. The molecule has 0 amide bonds. The first-order chi connectivity index (χ1) is 10.4. The van der Waals surface area contributed by atoms with Crippen molar-refractivity contribution in [1.82, 2.24) is 4.57 Å². The lowest BCUT2D eigenvalue weighted by atomic mass is 10.0. The summed E-state index contributed by atoms with van der Waals surface area (Å²) in [6, 6.07) is 0. The van der Waals surface area contributed by atoms with Gasteiger partial charge in [0.1, 0.15) is 0 Å². The SMILES string of the molecule is O=Cc1cn(CCCOC2CCCCO2)c2c1C=CCC2. The third kappa shape index (κ3) is 3.44. The lowest BCUT2D eigenvalue weighted by molar-refractivity contribution is -0.163. The molecule has 2 aliphatic rings. The Balaban J connectivity index is 1.52. The number of aryl methyl sites for hydroxylation is 1. The summed E-state index contributed by atoms with van der Waals surface area (Å²) < 4.78 is 13.5. The van der Waals surface area contributed by atoms with Gasteiger partial charge in [-0.05, 0) is 38.5 Å². The molecule has 114 valence electrons. The molecule has 1 aromatic rings. The highest BCUT2D eigenvalue weighted by Gasteiger charge is 2.16. The summed E-state index contributed by atoms with van der Waals surface area (Å²) in [5, 5.41) is 0. The van der Waals surface area contributed by atoms with E-state index in [0.717, 1.165) is 62.7 Å². The highest BCUT2D eigenvalue weighted by molar-refractivity contribution is 5.83. The Bertz CT molecular complexity index is 512. The van der Waals surface area contributed by atoms with Crippen molar-refractivity contribution in [2.75, 3.05) is 13.2 Å². The second-order valence-electron chi connectivity index (χ2n) is 5.72. The van der Waals surface area contributed by atoms with Crippen LogP contribution in [-0.2, 0) is 22.4 Å². The fourth-order valence-corrected chi connectivity index (χ4v) is 3.11. The molecule has 0 radical (unpaired) electrons. The van der Waals surface area contributed by atoms with E-state index in [9.17, 15) is 4.79 Å². The van der Waals surface area contributed by atoms with Gasteiger partial charge in [-0.3, -0.25) is 4.79 Å². The number of aldehydes is 1. The molecule has 1 atom stereocenters. The molecular weight excluding hydrogens is 266 g/mol. The van der Waals surface area contributed by atoms with Gasteiger partial charge in [-0.1, -0.05) is 12.2 Å². The molecule has 4 nitrogen and oxygen atoms in total. The van der Waals surface area contributed by atoms with Crippen molar-refractivity contribution in [2.24, 2.45) is 0 Å². The molecule has 3 rings (SSSR count). The Hall–Kier alpha value is -1.39.